The first kappa shape index (κ1) is 24.3. The lowest BCUT2D eigenvalue weighted by atomic mass is 9.94. The maximum atomic E-state index is 12.2. The summed E-state index contributed by atoms with van der Waals surface area (Å²) in [6, 6.07) is 0. The van der Waals surface area contributed by atoms with Crippen LogP contribution >= 0.6 is 0 Å². The third kappa shape index (κ3) is 3.88. The van der Waals surface area contributed by atoms with Gasteiger partial charge in [0.2, 0.25) is 5.91 Å². The highest BCUT2D eigenvalue weighted by atomic mass is 16.5. The van der Waals surface area contributed by atoms with Crippen molar-refractivity contribution in [2.45, 2.75) is 56.8 Å². The standard InChI is InChI=1S/C22H44N8O2/c1-19(31)24-20-18-30(29-12-8-9-13-29)22(27-10-6-5-7-11-27,28-14-16-32-17-15-28)21(23,25(2)3)26(20)4/h20H,5-18,23H2,1-4H3,(H,24,31). The molecule has 10 nitrogen and oxygen atoms in total. The number of morpholine rings is 1. The number of carbonyl (C=O) groups excluding carboxylic acids is 1. The Kier molecular flexibility index (Phi) is 7.43. The third-order valence-electron chi connectivity index (χ3n) is 7.93. The smallest absolute Gasteiger partial charge is 0.218 e. The van der Waals surface area contributed by atoms with Crippen LogP contribution in [0.25, 0.3) is 0 Å². The molecule has 1 amide bonds. The molecular formula is C22H44N8O2. The van der Waals surface area contributed by atoms with Crippen LogP contribution in [0.15, 0.2) is 0 Å². The van der Waals surface area contributed by atoms with E-state index in [9.17, 15) is 4.79 Å². The predicted molar refractivity (Wildman–Crippen MR) is 124 cm³/mol. The van der Waals surface area contributed by atoms with Gasteiger partial charge in [-0.3, -0.25) is 30.1 Å². The van der Waals surface area contributed by atoms with Crippen LogP contribution in [0.2, 0.25) is 0 Å². The van der Waals surface area contributed by atoms with Crippen molar-refractivity contribution in [1.29, 1.82) is 0 Å². The molecule has 3 unspecified atom stereocenters. The van der Waals surface area contributed by atoms with Gasteiger partial charge in [0.05, 0.1) is 25.9 Å². The Morgan fingerprint density at radius 1 is 0.969 bits per heavy atom. The minimum absolute atomic E-state index is 0.0267. The number of nitrogens with two attached hydrogens (primary N) is 1. The molecule has 0 saturated carbocycles. The number of piperidine rings is 1. The van der Waals surface area contributed by atoms with E-state index < -0.39 is 11.6 Å². The summed E-state index contributed by atoms with van der Waals surface area (Å²) in [6.45, 7) is 9.50. The van der Waals surface area contributed by atoms with Crippen molar-refractivity contribution in [3.05, 3.63) is 0 Å². The molecule has 0 aromatic heterocycles. The zero-order valence-corrected chi connectivity index (χ0v) is 20.6. The summed E-state index contributed by atoms with van der Waals surface area (Å²) >= 11 is 0. The summed E-state index contributed by atoms with van der Waals surface area (Å²) in [6.07, 6.45) is 5.83. The zero-order valence-electron chi connectivity index (χ0n) is 20.6. The average molecular weight is 453 g/mol. The summed E-state index contributed by atoms with van der Waals surface area (Å²) in [7, 11) is 6.23. The minimum Gasteiger partial charge on any atom is -0.379 e. The molecule has 0 bridgehead atoms. The molecule has 0 aromatic carbocycles. The highest BCUT2D eigenvalue weighted by Crippen LogP contribution is 2.44. The van der Waals surface area contributed by atoms with Crippen molar-refractivity contribution < 1.29 is 9.53 Å². The van der Waals surface area contributed by atoms with E-state index in [1.165, 1.54) is 32.1 Å². The molecule has 0 radical (unpaired) electrons. The van der Waals surface area contributed by atoms with Crippen molar-refractivity contribution in [2.75, 3.05) is 80.2 Å². The van der Waals surface area contributed by atoms with Crippen LogP contribution < -0.4 is 11.1 Å². The molecule has 184 valence electrons. The lowest BCUT2D eigenvalue weighted by molar-refractivity contribution is -0.365. The molecule has 4 aliphatic rings. The fourth-order valence-electron chi connectivity index (χ4n) is 6.40. The second-order valence-corrected chi connectivity index (χ2v) is 9.97. The van der Waals surface area contributed by atoms with E-state index in [0.29, 0.717) is 19.8 Å². The number of nitrogens with one attached hydrogen (secondary N) is 1. The molecule has 32 heavy (non-hydrogen) atoms. The van der Waals surface area contributed by atoms with Crippen LogP contribution in [0, 0.1) is 0 Å². The van der Waals surface area contributed by atoms with E-state index in [4.69, 9.17) is 10.5 Å². The van der Waals surface area contributed by atoms with E-state index in [0.717, 1.165) is 39.3 Å². The van der Waals surface area contributed by atoms with E-state index in [1.54, 1.807) is 6.92 Å². The van der Waals surface area contributed by atoms with Gasteiger partial charge in [-0.15, -0.1) is 0 Å². The summed E-state index contributed by atoms with van der Waals surface area (Å²) in [5, 5.41) is 8.24. The number of piperazine rings is 1. The second kappa shape index (κ2) is 9.79. The Morgan fingerprint density at radius 2 is 1.53 bits per heavy atom. The van der Waals surface area contributed by atoms with E-state index in [-0.39, 0.29) is 12.1 Å². The Balaban J connectivity index is 1.89. The zero-order chi connectivity index (χ0) is 22.9. The molecule has 0 spiro atoms. The van der Waals surface area contributed by atoms with Crippen molar-refractivity contribution >= 4 is 5.91 Å². The number of likely N-dealkylation sites (N-methyl/N-ethyl adjacent to an activating group) is 2. The first-order valence-corrected chi connectivity index (χ1v) is 12.4. The SMILES string of the molecule is CC(=O)NC1CN(N2CCCC2)C(N2CCCCC2)(N2CCOCC2)C(N)(N(C)C)N1C. The number of hydrogen-bond acceptors (Lipinski definition) is 9. The fourth-order valence-corrected chi connectivity index (χ4v) is 6.40. The van der Waals surface area contributed by atoms with Gasteiger partial charge in [0.1, 0.15) is 0 Å². The third-order valence-corrected chi connectivity index (χ3v) is 7.93. The summed E-state index contributed by atoms with van der Waals surface area (Å²) in [5.74, 6) is -1.45. The lowest BCUT2D eigenvalue weighted by Crippen LogP contribution is -2.96. The highest BCUT2D eigenvalue weighted by Gasteiger charge is 2.68. The predicted octanol–water partition coefficient (Wildman–Crippen LogP) is -0.647. The molecule has 4 saturated heterocycles. The summed E-state index contributed by atoms with van der Waals surface area (Å²) in [4.78, 5) is 21.7. The van der Waals surface area contributed by atoms with Gasteiger partial charge in [-0.05, 0) is 46.8 Å². The number of nitrogens with zero attached hydrogens (tertiary/aromatic N) is 6. The van der Waals surface area contributed by atoms with Gasteiger partial charge in [-0.1, -0.05) is 6.42 Å². The van der Waals surface area contributed by atoms with Gasteiger partial charge in [-0.2, -0.15) is 0 Å². The van der Waals surface area contributed by atoms with Crippen LogP contribution in [0.1, 0.15) is 39.0 Å². The van der Waals surface area contributed by atoms with Crippen molar-refractivity contribution in [3.8, 4) is 0 Å². The van der Waals surface area contributed by atoms with Crippen molar-refractivity contribution in [3.63, 3.8) is 0 Å². The molecule has 4 aliphatic heterocycles. The largest absolute Gasteiger partial charge is 0.379 e. The van der Waals surface area contributed by atoms with Crippen LogP contribution in [-0.2, 0) is 9.53 Å². The highest BCUT2D eigenvalue weighted by molar-refractivity contribution is 5.73. The molecule has 4 fully saturated rings. The molecule has 0 aromatic rings. The number of hydrogen-bond donors (Lipinski definition) is 2. The average Bonchev–Trinajstić information content (AvgIpc) is 3.32. The summed E-state index contributed by atoms with van der Waals surface area (Å²) < 4.78 is 5.80. The Morgan fingerprint density at radius 3 is 2.09 bits per heavy atom. The lowest BCUT2D eigenvalue weighted by Gasteiger charge is -2.72. The van der Waals surface area contributed by atoms with Gasteiger partial charge < -0.3 is 10.1 Å². The molecule has 4 heterocycles. The van der Waals surface area contributed by atoms with Gasteiger partial charge >= 0.3 is 0 Å². The number of hydrazine groups is 1. The quantitative estimate of drug-likeness (QED) is 0.529. The number of rotatable bonds is 5. The maximum Gasteiger partial charge on any atom is 0.218 e. The Bertz CT molecular complexity index is 628. The molecule has 3 atom stereocenters. The maximum absolute atomic E-state index is 12.2. The van der Waals surface area contributed by atoms with Gasteiger partial charge in [-0.25, -0.2) is 10.0 Å². The van der Waals surface area contributed by atoms with E-state index in [1.807, 2.05) is 0 Å². The van der Waals surface area contributed by atoms with Crippen LogP contribution in [0.4, 0.5) is 0 Å². The first-order valence-electron chi connectivity index (χ1n) is 12.4. The Hall–Kier alpha value is -0.850. The molecule has 3 N–H and O–H groups in total. The minimum atomic E-state index is -0.865. The van der Waals surface area contributed by atoms with Crippen LogP contribution in [-0.4, -0.2) is 133 Å². The molecule has 4 rings (SSSR count). The van der Waals surface area contributed by atoms with E-state index >= 15 is 0 Å². The molecular weight excluding hydrogens is 408 g/mol. The first-order chi connectivity index (χ1) is 15.3. The number of carbonyl (C=O) groups is 1. The topological polar surface area (TPSA) is 83.8 Å². The monoisotopic (exact) mass is 452 g/mol. The number of ether oxygens (including phenoxy) is 1. The Labute approximate surface area is 193 Å². The van der Waals surface area contributed by atoms with Gasteiger partial charge in [0.15, 0.2) is 11.6 Å². The summed E-state index contributed by atoms with van der Waals surface area (Å²) in [5.41, 5.74) is 7.62. The molecule has 0 aliphatic carbocycles. The second-order valence-electron chi connectivity index (χ2n) is 9.97. The van der Waals surface area contributed by atoms with Gasteiger partial charge in [0.25, 0.3) is 0 Å². The van der Waals surface area contributed by atoms with Crippen LogP contribution in [0.3, 0.4) is 0 Å². The van der Waals surface area contributed by atoms with Gasteiger partial charge in [0, 0.05) is 46.2 Å². The number of amides is 1. The van der Waals surface area contributed by atoms with Crippen LogP contribution in [0.5, 0.6) is 0 Å². The fraction of sp³-hybridized carbons (Fsp3) is 0.955. The van der Waals surface area contributed by atoms with E-state index in [2.05, 4.69) is 56.1 Å². The van der Waals surface area contributed by atoms with Crippen molar-refractivity contribution in [1.82, 2.24) is 34.9 Å². The normalized spacial score (nSPS) is 37.2. The van der Waals surface area contributed by atoms with Crippen molar-refractivity contribution in [2.24, 2.45) is 5.73 Å². The molecule has 10 heteroatoms. The number of likely N-dealkylation sites (tertiary alicyclic amines) is 1.